The number of carbonyl (C=O) groups excluding carboxylic acids is 1. The fourth-order valence-corrected chi connectivity index (χ4v) is 4.34. The number of anilines is 1. The number of allylic oxidation sites excluding steroid dienone is 2. The topological polar surface area (TPSA) is 110 Å². The first-order valence-electron chi connectivity index (χ1n) is 9.21. The molecule has 2 aromatic heterocycles. The summed E-state index contributed by atoms with van der Waals surface area (Å²) in [5.41, 5.74) is 15.8. The molecular weight excluding hydrogens is 372 g/mol. The van der Waals surface area contributed by atoms with Crippen LogP contribution in [0.4, 0.5) is 5.00 Å². The number of thiophene rings is 1. The first-order chi connectivity index (χ1) is 13.4. The van der Waals surface area contributed by atoms with E-state index < -0.39 is 0 Å². The van der Waals surface area contributed by atoms with Gasteiger partial charge in [0, 0.05) is 36.7 Å². The summed E-state index contributed by atoms with van der Waals surface area (Å²) in [6, 6.07) is 3.97. The third-order valence-electron chi connectivity index (χ3n) is 4.75. The number of hydrogen-bond donors (Lipinski definition) is 3. The lowest BCUT2D eigenvalue weighted by molar-refractivity contribution is 0.0967. The Labute approximate surface area is 168 Å². The smallest absolute Gasteiger partial charge is 0.260 e. The molecule has 1 amide bonds. The number of rotatable bonds is 5. The predicted octanol–water partition coefficient (Wildman–Crippen LogP) is 2.79. The van der Waals surface area contributed by atoms with Crippen LogP contribution in [0.5, 0.6) is 0 Å². The summed E-state index contributed by atoms with van der Waals surface area (Å²) in [5, 5.41) is 3.45. The van der Waals surface area contributed by atoms with E-state index in [0.717, 1.165) is 42.0 Å². The van der Waals surface area contributed by atoms with Crippen LogP contribution in [0.25, 0.3) is 10.2 Å². The molecule has 8 heteroatoms. The highest BCUT2D eigenvalue weighted by atomic mass is 32.1. The van der Waals surface area contributed by atoms with Gasteiger partial charge in [0.25, 0.3) is 5.91 Å². The number of piperidine rings is 1. The highest BCUT2D eigenvalue weighted by molar-refractivity contribution is 7.23. The monoisotopic (exact) mass is 398 g/mol. The van der Waals surface area contributed by atoms with Crippen LogP contribution in [0, 0.1) is 6.92 Å². The summed E-state index contributed by atoms with van der Waals surface area (Å²) in [5.74, 6) is -0.266. The van der Waals surface area contributed by atoms with Crippen molar-refractivity contribution in [2.75, 3.05) is 18.8 Å². The van der Waals surface area contributed by atoms with E-state index in [1.807, 2.05) is 32.1 Å². The second-order valence-corrected chi connectivity index (χ2v) is 8.04. The van der Waals surface area contributed by atoms with Crippen LogP contribution in [-0.4, -0.2) is 41.6 Å². The molecule has 1 saturated heterocycles. The lowest BCUT2D eigenvalue weighted by Gasteiger charge is -2.34. The summed E-state index contributed by atoms with van der Waals surface area (Å²) in [6.07, 6.45) is 5.47. The fourth-order valence-electron chi connectivity index (χ4n) is 3.43. The maximum Gasteiger partial charge on any atom is 0.260 e. The first-order valence-corrected chi connectivity index (χ1v) is 10.0. The number of hydrogen-bond acceptors (Lipinski definition) is 7. The molecule has 1 aliphatic heterocycles. The van der Waals surface area contributed by atoms with E-state index in [9.17, 15) is 4.79 Å². The molecule has 1 aliphatic rings. The number of amides is 1. The zero-order valence-electron chi connectivity index (χ0n) is 16.2. The lowest BCUT2D eigenvalue weighted by Crippen LogP contribution is -2.43. The molecule has 3 heterocycles. The molecule has 3 rings (SSSR count). The molecule has 1 fully saturated rings. The van der Waals surface area contributed by atoms with Crippen LogP contribution in [0.15, 0.2) is 40.8 Å². The van der Waals surface area contributed by atoms with Crippen LogP contribution in [0.3, 0.4) is 0 Å². The van der Waals surface area contributed by atoms with E-state index in [1.54, 1.807) is 6.20 Å². The van der Waals surface area contributed by atoms with Crippen molar-refractivity contribution < 1.29 is 4.79 Å². The van der Waals surface area contributed by atoms with Crippen molar-refractivity contribution in [3.05, 3.63) is 47.1 Å². The molecule has 0 unspecified atom stereocenters. The van der Waals surface area contributed by atoms with Gasteiger partial charge in [0.15, 0.2) is 0 Å². The molecule has 0 aliphatic carbocycles. The molecule has 0 spiro atoms. The Hall–Kier alpha value is -2.71. The molecule has 28 heavy (non-hydrogen) atoms. The van der Waals surface area contributed by atoms with Crippen molar-refractivity contribution in [3.63, 3.8) is 0 Å². The number of nitrogens with one attached hydrogen (secondary N) is 1. The number of carbonyl (C=O) groups is 1. The number of fused-ring (bicyclic) bond motifs is 1. The molecule has 5 N–H and O–H groups in total. The van der Waals surface area contributed by atoms with Crippen molar-refractivity contribution in [3.8, 4) is 0 Å². The van der Waals surface area contributed by atoms with Gasteiger partial charge in [-0.15, -0.1) is 11.3 Å². The van der Waals surface area contributed by atoms with Gasteiger partial charge in [-0.2, -0.15) is 0 Å². The van der Waals surface area contributed by atoms with Gasteiger partial charge in [0.2, 0.25) is 0 Å². The highest BCUT2D eigenvalue weighted by Gasteiger charge is 2.22. The molecule has 0 aromatic carbocycles. The number of aryl methyl sites for hydroxylation is 1. The minimum absolute atomic E-state index is 0.112. The quantitative estimate of drug-likeness (QED) is 0.530. The predicted molar refractivity (Wildman–Crippen MR) is 116 cm³/mol. The summed E-state index contributed by atoms with van der Waals surface area (Å²) in [4.78, 5) is 23.5. The van der Waals surface area contributed by atoms with Gasteiger partial charge in [-0.25, -0.2) is 0 Å². The van der Waals surface area contributed by atoms with Gasteiger partial charge in [-0.3, -0.25) is 14.8 Å². The normalized spacial score (nSPS) is 18.4. The Balaban J connectivity index is 1.94. The van der Waals surface area contributed by atoms with E-state index in [2.05, 4.69) is 26.9 Å². The molecule has 0 bridgehead atoms. The van der Waals surface area contributed by atoms with Crippen molar-refractivity contribution >= 4 is 39.2 Å². The van der Waals surface area contributed by atoms with Gasteiger partial charge in [-0.05, 0) is 51.6 Å². The average Bonchev–Trinajstić information content (AvgIpc) is 2.97. The van der Waals surface area contributed by atoms with Crippen molar-refractivity contribution in [1.29, 1.82) is 0 Å². The Morgan fingerprint density at radius 1 is 1.50 bits per heavy atom. The largest absolute Gasteiger partial charge is 0.390 e. The minimum Gasteiger partial charge on any atom is -0.390 e. The number of nitrogens with two attached hydrogens (primary N) is 2. The summed E-state index contributed by atoms with van der Waals surface area (Å²) >= 11 is 1.37. The number of nitrogens with zero attached hydrogens (tertiary/aromatic N) is 3. The molecule has 0 radical (unpaired) electrons. The Bertz CT molecular complexity index is 961. The van der Waals surface area contributed by atoms with Crippen LogP contribution in [-0.2, 0) is 0 Å². The van der Waals surface area contributed by atoms with Crippen molar-refractivity contribution in [1.82, 2.24) is 15.2 Å². The minimum atomic E-state index is -0.266. The summed E-state index contributed by atoms with van der Waals surface area (Å²) < 4.78 is 0.896. The second-order valence-electron chi connectivity index (χ2n) is 6.95. The Morgan fingerprint density at radius 3 is 3.00 bits per heavy atom. The zero-order valence-corrected chi connectivity index (χ0v) is 17.1. The Kier molecular flexibility index (Phi) is 6.11. The van der Waals surface area contributed by atoms with E-state index in [1.165, 1.54) is 11.3 Å². The molecule has 7 nitrogen and oxygen atoms in total. The van der Waals surface area contributed by atoms with Crippen LogP contribution in [0.1, 0.15) is 35.8 Å². The maximum absolute atomic E-state index is 13.0. The van der Waals surface area contributed by atoms with Crippen molar-refractivity contribution in [2.45, 2.75) is 32.7 Å². The first kappa shape index (κ1) is 20.0. The van der Waals surface area contributed by atoms with Gasteiger partial charge in [0.1, 0.15) is 10.6 Å². The third-order valence-corrected chi connectivity index (χ3v) is 5.72. The van der Waals surface area contributed by atoms with Gasteiger partial charge < -0.3 is 21.7 Å². The van der Waals surface area contributed by atoms with Gasteiger partial charge in [-0.1, -0.05) is 0 Å². The summed E-state index contributed by atoms with van der Waals surface area (Å²) in [7, 11) is 0. The standard InChI is InChI=1S/C20H26N6OS/c1-12-6-7-16-18(24-12)17(19(22)28-16)20(27)25-13(2)15(8-9-23-3)26-10-4-5-14(21)11-26/h6-9,14H,3-5,10-11,21-22H2,1-2H3,(H,25,27)/b9-8-,15-13-/t14-/m0/s1. The molecule has 1 atom stereocenters. The van der Waals surface area contributed by atoms with E-state index >= 15 is 0 Å². The lowest BCUT2D eigenvalue weighted by atomic mass is 10.1. The van der Waals surface area contributed by atoms with Crippen LogP contribution in [0.2, 0.25) is 0 Å². The van der Waals surface area contributed by atoms with E-state index in [4.69, 9.17) is 11.5 Å². The zero-order chi connectivity index (χ0) is 20.3. The van der Waals surface area contributed by atoms with Crippen LogP contribution >= 0.6 is 11.3 Å². The fraction of sp³-hybridized carbons (Fsp3) is 0.350. The molecule has 2 aromatic rings. The van der Waals surface area contributed by atoms with E-state index in [0.29, 0.717) is 21.8 Å². The number of nitrogen functional groups attached to an aromatic ring is 1. The number of aromatic nitrogens is 1. The molecule has 148 valence electrons. The number of pyridine rings is 1. The van der Waals surface area contributed by atoms with Gasteiger partial charge >= 0.3 is 0 Å². The number of aliphatic imine (C=N–C) groups is 1. The van der Waals surface area contributed by atoms with Crippen molar-refractivity contribution in [2.24, 2.45) is 10.7 Å². The Morgan fingerprint density at radius 2 is 2.29 bits per heavy atom. The molecular formula is C20H26N6OS. The molecule has 0 saturated carbocycles. The second kappa shape index (κ2) is 8.53. The highest BCUT2D eigenvalue weighted by Crippen LogP contribution is 2.32. The maximum atomic E-state index is 13.0. The SMILES string of the molecule is C=N/C=C\C(=C(/C)NC(=O)c1c(N)sc2ccc(C)nc12)N1CCC[C@H](N)C1. The average molecular weight is 399 g/mol. The third kappa shape index (κ3) is 4.23. The summed E-state index contributed by atoms with van der Waals surface area (Å²) in [6.45, 7) is 8.86. The van der Waals surface area contributed by atoms with Crippen LogP contribution < -0.4 is 16.8 Å². The van der Waals surface area contributed by atoms with Gasteiger partial charge in [0.05, 0.1) is 15.9 Å². The number of likely N-dealkylation sites (tertiary alicyclic amines) is 1. The van der Waals surface area contributed by atoms with E-state index in [-0.39, 0.29) is 11.9 Å².